The summed E-state index contributed by atoms with van der Waals surface area (Å²) >= 11 is 0. The fraction of sp³-hybridized carbons (Fsp3) is 0.292. The first-order valence-corrected chi connectivity index (χ1v) is 9.91. The molecule has 2 aromatic rings. The molecule has 0 spiro atoms. The second-order valence-electron chi connectivity index (χ2n) is 7.65. The summed E-state index contributed by atoms with van der Waals surface area (Å²) in [5.41, 5.74) is 2.19. The number of carbonyl (C=O) groups excluding carboxylic acids is 3. The van der Waals surface area contributed by atoms with E-state index >= 15 is 0 Å². The van der Waals surface area contributed by atoms with Crippen LogP contribution in [0.4, 0.5) is 5.69 Å². The molecule has 30 heavy (non-hydrogen) atoms. The third-order valence-corrected chi connectivity index (χ3v) is 5.68. The van der Waals surface area contributed by atoms with Gasteiger partial charge in [0.15, 0.2) is 12.4 Å². The Morgan fingerprint density at radius 2 is 1.77 bits per heavy atom. The molecule has 0 bridgehead atoms. The molecule has 2 aromatic carbocycles. The number of Topliss-reactive ketones (excluding diaryl/α,β-unsaturated/α-hetero) is 1. The van der Waals surface area contributed by atoms with Gasteiger partial charge in [-0.25, -0.2) is 0 Å². The topological polar surface area (TPSA) is 72.9 Å². The van der Waals surface area contributed by atoms with E-state index in [4.69, 9.17) is 9.47 Å². The normalized spacial score (nSPS) is 20.6. The van der Waals surface area contributed by atoms with E-state index in [0.29, 0.717) is 35.6 Å². The van der Waals surface area contributed by atoms with E-state index in [1.807, 2.05) is 13.0 Å². The Kier molecular flexibility index (Phi) is 5.40. The van der Waals surface area contributed by atoms with Crippen LogP contribution in [0, 0.1) is 11.8 Å². The van der Waals surface area contributed by atoms with E-state index in [1.165, 1.54) is 4.90 Å². The van der Waals surface area contributed by atoms with Crippen molar-refractivity contribution in [2.45, 2.75) is 19.8 Å². The van der Waals surface area contributed by atoms with E-state index in [9.17, 15) is 14.4 Å². The molecular formula is C24H23NO5. The minimum absolute atomic E-state index is 0.122. The number of carbonyl (C=O) groups is 3. The molecule has 1 saturated heterocycles. The highest BCUT2D eigenvalue weighted by molar-refractivity contribution is 6.22. The third kappa shape index (κ3) is 3.73. The first-order chi connectivity index (χ1) is 14.5. The van der Waals surface area contributed by atoms with Crippen LogP contribution in [0.3, 0.4) is 0 Å². The molecule has 6 heteroatoms. The monoisotopic (exact) mass is 405 g/mol. The number of allylic oxidation sites excluding steroid dienone is 2. The number of ketones is 1. The van der Waals surface area contributed by atoms with Crippen LogP contribution in [0.2, 0.25) is 0 Å². The molecule has 1 aliphatic carbocycles. The average molecular weight is 405 g/mol. The summed E-state index contributed by atoms with van der Waals surface area (Å²) in [6, 6.07) is 13.6. The van der Waals surface area contributed by atoms with Crippen molar-refractivity contribution in [2.24, 2.45) is 11.8 Å². The van der Waals surface area contributed by atoms with E-state index in [0.717, 1.165) is 5.57 Å². The highest BCUT2D eigenvalue weighted by atomic mass is 16.5. The highest BCUT2D eigenvalue weighted by Crippen LogP contribution is 2.39. The van der Waals surface area contributed by atoms with Gasteiger partial charge in [0.25, 0.3) is 0 Å². The molecule has 6 nitrogen and oxygen atoms in total. The maximum absolute atomic E-state index is 12.8. The van der Waals surface area contributed by atoms with Gasteiger partial charge in [-0.2, -0.15) is 0 Å². The van der Waals surface area contributed by atoms with E-state index < -0.39 is 0 Å². The Labute approximate surface area is 175 Å². The largest absolute Gasteiger partial charge is 0.497 e. The van der Waals surface area contributed by atoms with Crippen LogP contribution < -0.4 is 14.4 Å². The molecule has 154 valence electrons. The van der Waals surface area contributed by atoms with Crippen LogP contribution in [0.25, 0.3) is 0 Å². The summed E-state index contributed by atoms with van der Waals surface area (Å²) in [6.07, 6.45) is 3.30. The number of rotatable bonds is 6. The van der Waals surface area contributed by atoms with Crippen LogP contribution in [-0.4, -0.2) is 31.3 Å². The zero-order valence-corrected chi connectivity index (χ0v) is 17.0. The summed E-state index contributed by atoms with van der Waals surface area (Å²) in [6.45, 7) is 1.87. The molecule has 0 unspecified atom stereocenters. The number of hydrogen-bond donors (Lipinski definition) is 0. The molecule has 2 atom stereocenters. The van der Waals surface area contributed by atoms with Gasteiger partial charge in [-0.3, -0.25) is 19.3 Å². The Balaban J connectivity index is 1.41. The van der Waals surface area contributed by atoms with E-state index in [-0.39, 0.29) is 36.0 Å². The summed E-state index contributed by atoms with van der Waals surface area (Å²) in [7, 11) is 1.55. The van der Waals surface area contributed by atoms with Crippen molar-refractivity contribution in [1.29, 1.82) is 0 Å². The predicted molar refractivity (Wildman–Crippen MR) is 112 cm³/mol. The van der Waals surface area contributed by atoms with Gasteiger partial charge in [0.1, 0.15) is 11.5 Å². The van der Waals surface area contributed by atoms with Gasteiger partial charge in [0.2, 0.25) is 11.8 Å². The molecule has 1 heterocycles. The second kappa shape index (κ2) is 8.14. The molecule has 2 aliphatic rings. The van der Waals surface area contributed by atoms with Gasteiger partial charge in [-0.1, -0.05) is 23.8 Å². The molecule has 0 N–H and O–H groups in total. The van der Waals surface area contributed by atoms with Crippen LogP contribution >= 0.6 is 0 Å². The first-order valence-electron chi connectivity index (χ1n) is 9.91. The maximum Gasteiger partial charge on any atom is 0.238 e. The fourth-order valence-corrected chi connectivity index (χ4v) is 4.01. The lowest BCUT2D eigenvalue weighted by Gasteiger charge is -2.18. The van der Waals surface area contributed by atoms with Gasteiger partial charge in [0.05, 0.1) is 24.6 Å². The number of hydrogen-bond acceptors (Lipinski definition) is 5. The van der Waals surface area contributed by atoms with Gasteiger partial charge < -0.3 is 9.47 Å². The van der Waals surface area contributed by atoms with Crippen LogP contribution in [0.1, 0.15) is 30.1 Å². The number of ether oxygens (including phenoxy) is 2. The van der Waals surface area contributed by atoms with Crippen LogP contribution in [0.15, 0.2) is 60.2 Å². The zero-order chi connectivity index (χ0) is 21.3. The zero-order valence-electron chi connectivity index (χ0n) is 17.0. The predicted octanol–water partition coefficient (Wildman–Crippen LogP) is 3.80. The number of amides is 2. The van der Waals surface area contributed by atoms with Gasteiger partial charge in [-0.05, 0) is 56.2 Å². The number of nitrogens with zero attached hydrogens (tertiary/aromatic N) is 1. The smallest absolute Gasteiger partial charge is 0.238 e. The average Bonchev–Trinajstić information content (AvgIpc) is 3.02. The first kappa shape index (κ1) is 19.9. The highest BCUT2D eigenvalue weighted by Gasteiger charge is 2.48. The number of fused-ring (bicyclic) bond motifs is 1. The number of imide groups is 1. The Morgan fingerprint density at radius 1 is 1.03 bits per heavy atom. The van der Waals surface area contributed by atoms with Crippen molar-refractivity contribution in [3.8, 4) is 11.5 Å². The standard InChI is InChI=1S/C24H23NO5/c1-15-6-11-20-21(12-15)24(28)25(23(20)27)17-7-9-18(10-8-17)30-14-22(26)16-4-3-5-19(13-16)29-2/h3-10,13,20-21H,11-12,14H2,1-2H3/t20-,21+/m1/s1. The lowest BCUT2D eigenvalue weighted by molar-refractivity contribution is -0.122. The summed E-state index contributed by atoms with van der Waals surface area (Å²) in [5.74, 6) is 0.112. The van der Waals surface area contributed by atoms with Crippen LogP contribution in [0.5, 0.6) is 11.5 Å². The third-order valence-electron chi connectivity index (χ3n) is 5.68. The molecule has 4 rings (SSSR count). The molecule has 0 radical (unpaired) electrons. The van der Waals surface area contributed by atoms with Crippen molar-refractivity contribution < 1.29 is 23.9 Å². The second-order valence-corrected chi connectivity index (χ2v) is 7.65. The van der Waals surface area contributed by atoms with Crippen molar-refractivity contribution in [3.63, 3.8) is 0 Å². The summed E-state index contributed by atoms with van der Waals surface area (Å²) < 4.78 is 10.7. The number of methoxy groups -OCH3 is 1. The minimum Gasteiger partial charge on any atom is -0.497 e. The minimum atomic E-state index is -0.266. The van der Waals surface area contributed by atoms with Crippen LogP contribution in [-0.2, 0) is 9.59 Å². The van der Waals surface area contributed by atoms with Crippen molar-refractivity contribution in [3.05, 3.63) is 65.7 Å². The summed E-state index contributed by atoms with van der Waals surface area (Å²) in [4.78, 5) is 39.2. The molecule has 0 saturated carbocycles. The molecule has 2 amide bonds. The van der Waals surface area contributed by atoms with Gasteiger partial charge >= 0.3 is 0 Å². The molecule has 1 fully saturated rings. The SMILES string of the molecule is COc1cccc(C(=O)COc2ccc(N3C(=O)[C@H]4CC(C)=CC[C@H]4C3=O)cc2)c1. The lowest BCUT2D eigenvalue weighted by Crippen LogP contribution is -2.30. The maximum atomic E-state index is 12.8. The molecule has 0 aromatic heterocycles. The summed E-state index contributed by atoms with van der Waals surface area (Å²) in [5, 5.41) is 0. The quantitative estimate of drug-likeness (QED) is 0.415. The van der Waals surface area contributed by atoms with Gasteiger partial charge in [-0.15, -0.1) is 0 Å². The van der Waals surface area contributed by atoms with Crippen molar-refractivity contribution >= 4 is 23.3 Å². The van der Waals surface area contributed by atoms with E-state index in [2.05, 4.69) is 0 Å². The Bertz CT molecular complexity index is 1020. The lowest BCUT2D eigenvalue weighted by atomic mass is 9.82. The molecule has 1 aliphatic heterocycles. The van der Waals surface area contributed by atoms with E-state index in [1.54, 1.807) is 55.6 Å². The van der Waals surface area contributed by atoms with Crippen molar-refractivity contribution in [2.75, 3.05) is 18.6 Å². The Morgan fingerprint density at radius 3 is 2.50 bits per heavy atom. The number of benzene rings is 2. The Hall–Kier alpha value is -3.41. The molecular weight excluding hydrogens is 382 g/mol. The fourth-order valence-electron chi connectivity index (χ4n) is 4.01. The van der Waals surface area contributed by atoms with Gasteiger partial charge in [0, 0.05) is 5.56 Å². The number of anilines is 1. The van der Waals surface area contributed by atoms with Crippen molar-refractivity contribution in [1.82, 2.24) is 0 Å².